The zero-order valence-electron chi connectivity index (χ0n) is 16.5. The normalized spacial score (nSPS) is 16.7. The summed E-state index contributed by atoms with van der Waals surface area (Å²) in [4.78, 5) is 24.8. The summed E-state index contributed by atoms with van der Waals surface area (Å²) in [6.45, 7) is 8.05. The predicted molar refractivity (Wildman–Crippen MR) is 106 cm³/mol. The minimum absolute atomic E-state index is 0.0490. The van der Waals surface area contributed by atoms with Gasteiger partial charge in [-0.3, -0.25) is 9.59 Å². The van der Waals surface area contributed by atoms with Crippen LogP contribution in [-0.4, -0.2) is 18.3 Å². The number of amides is 1. The third-order valence-corrected chi connectivity index (χ3v) is 5.27. The fraction of sp³-hybridized carbons (Fsp3) is 0.391. The number of nitrogens with one attached hydrogen (secondary N) is 1. The van der Waals surface area contributed by atoms with Crippen LogP contribution in [0.15, 0.2) is 36.4 Å². The third kappa shape index (κ3) is 4.05. The Morgan fingerprint density at radius 2 is 1.89 bits per heavy atom. The molecule has 1 N–H and O–H groups in total. The molecule has 2 atom stereocenters. The Balaban J connectivity index is 1.68. The topological polar surface area (TPSA) is 55.4 Å². The molecular weight excluding hydrogens is 338 g/mol. The van der Waals surface area contributed by atoms with E-state index >= 15 is 0 Å². The first kappa shape index (κ1) is 19.2. The van der Waals surface area contributed by atoms with Crippen molar-refractivity contribution in [2.24, 2.45) is 0 Å². The minimum Gasteiger partial charge on any atom is -0.483 e. The molecule has 0 aromatic heterocycles. The van der Waals surface area contributed by atoms with Gasteiger partial charge in [-0.2, -0.15) is 0 Å². The standard InChI is InChI=1S/C23H27NO3/c1-5-18(17-9-6-14(2)7-10-17)24-21(26)13-27-20-11-8-15(3)22-16(4)12-19(25)23(20)22/h6-11,16,18H,5,12-13H2,1-4H3,(H,24,26)/t16-,18-/m0/s1. The second kappa shape index (κ2) is 7.95. The Hall–Kier alpha value is -2.62. The van der Waals surface area contributed by atoms with E-state index in [4.69, 9.17) is 4.74 Å². The molecule has 0 saturated heterocycles. The van der Waals surface area contributed by atoms with Crippen LogP contribution in [0.4, 0.5) is 0 Å². The molecule has 0 fully saturated rings. The van der Waals surface area contributed by atoms with Crippen molar-refractivity contribution in [3.8, 4) is 5.75 Å². The molecule has 0 heterocycles. The van der Waals surface area contributed by atoms with Crippen molar-refractivity contribution in [3.63, 3.8) is 0 Å². The van der Waals surface area contributed by atoms with Gasteiger partial charge >= 0.3 is 0 Å². The number of aryl methyl sites for hydroxylation is 2. The van der Waals surface area contributed by atoms with Gasteiger partial charge in [0.15, 0.2) is 12.4 Å². The van der Waals surface area contributed by atoms with Crippen LogP contribution in [0.3, 0.4) is 0 Å². The average Bonchev–Trinajstić information content (AvgIpc) is 2.95. The number of hydrogen-bond acceptors (Lipinski definition) is 3. The molecule has 142 valence electrons. The SMILES string of the molecule is CC[C@H](NC(=O)COc1ccc(C)c2c1C(=O)C[C@@H]2C)c1ccc(C)cc1. The van der Waals surface area contributed by atoms with Crippen LogP contribution >= 0.6 is 0 Å². The summed E-state index contributed by atoms with van der Waals surface area (Å²) in [6.07, 6.45) is 1.30. The molecule has 0 aliphatic heterocycles. The van der Waals surface area contributed by atoms with Gasteiger partial charge in [0.25, 0.3) is 5.91 Å². The Labute approximate surface area is 160 Å². The molecule has 4 nitrogen and oxygen atoms in total. The lowest BCUT2D eigenvalue weighted by atomic mass is 9.97. The molecule has 27 heavy (non-hydrogen) atoms. The van der Waals surface area contributed by atoms with E-state index in [0.717, 1.165) is 23.1 Å². The van der Waals surface area contributed by atoms with Gasteiger partial charge in [-0.15, -0.1) is 0 Å². The summed E-state index contributed by atoms with van der Waals surface area (Å²) in [6, 6.07) is 11.9. The van der Waals surface area contributed by atoms with Gasteiger partial charge < -0.3 is 10.1 Å². The number of ketones is 1. The first-order valence-corrected chi connectivity index (χ1v) is 9.56. The average molecular weight is 365 g/mol. The second-order valence-electron chi connectivity index (χ2n) is 7.43. The molecule has 0 unspecified atom stereocenters. The molecular formula is C23H27NO3. The molecule has 3 rings (SSSR count). The van der Waals surface area contributed by atoms with Crippen LogP contribution < -0.4 is 10.1 Å². The van der Waals surface area contributed by atoms with Gasteiger partial charge in [0.05, 0.1) is 11.6 Å². The maximum absolute atomic E-state index is 12.4. The van der Waals surface area contributed by atoms with E-state index in [9.17, 15) is 9.59 Å². The quantitative estimate of drug-likeness (QED) is 0.811. The Bertz CT molecular complexity index is 855. The lowest BCUT2D eigenvalue weighted by Gasteiger charge is -2.18. The van der Waals surface area contributed by atoms with E-state index in [1.54, 1.807) is 6.07 Å². The third-order valence-electron chi connectivity index (χ3n) is 5.27. The molecule has 1 aliphatic carbocycles. The van der Waals surface area contributed by atoms with Crippen molar-refractivity contribution >= 4 is 11.7 Å². The van der Waals surface area contributed by atoms with Crippen molar-refractivity contribution in [1.82, 2.24) is 5.32 Å². The van der Waals surface area contributed by atoms with Crippen molar-refractivity contribution in [3.05, 3.63) is 64.2 Å². The first-order chi connectivity index (χ1) is 12.9. The summed E-state index contributed by atoms with van der Waals surface area (Å²) in [5.74, 6) is 0.636. The minimum atomic E-state index is -0.185. The van der Waals surface area contributed by atoms with Gasteiger partial charge in [0, 0.05) is 6.42 Å². The summed E-state index contributed by atoms with van der Waals surface area (Å²) < 4.78 is 5.75. The number of ether oxygens (including phenoxy) is 1. The molecule has 1 aliphatic rings. The van der Waals surface area contributed by atoms with Crippen LogP contribution in [0.5, 0.6) is 5.75 Å². The maximum Gasteiger partial charge on any atom is 0.258 e. The Morgan fingerprint density at radius 3 is 2.56 bits per heavy atom. The highest BCUT2D eigenvalue weighted by molar-refractivity contribution is 6.04. The number of rotatable bonds is 6. The van der Waals surface area contributed by atoms with E-state index in [0.29, 0.717) is 17.7 Å². The van der Waals surface area contributed by atoms with Crippen molar-refractivity contribution in [2.45, 2.75) is 52.5 Å². The number of hydrogen-bond donors (Lipinski definition) is 1. The largest absolute Gasteiger partial charge is 0.483 e. The van der Waals surface area contributed by atoms with Gasteiger partial charge in [0.1, 0.15) is 5.75 Å². The van der Waals surface area contributed by atoms with E-state index in [1.165, 1.54) is 5.56 Å². The Kier molecular flexibility index (Phi) is 5.64. The molecule has 0 spiro atoms. The zero-order chi connectivity index (χ0) is 19.6. The zero-order valence-corrected chi connectivity index (χ0v) is 16.5. The van der Waals surface area contributed by atoms with Gasteiger partial charge in [0.2, 0.25) is 0 Å². The number of carbonyl (C=O) groups is 2. The molecule has 0 radical (unpaired) electrons. The smallest absolute Gasteiger partial charge is 0.258 e. The molecule has 4 heteroatoms. The number of carbonyl (C=O) groups excluding carboxylic acids is 2. The number of Topliss-reactive ketones (excluding diaryl/α,β-unsaturated/α-hetero) is 1. The highest BCUT2D eigenvalue weighted by atomic mass is 16.5. The van der Waals surface area contributed by atoms with Crippen LogP contribution in [0, 0.1) is 13.8 Å². The van der Waals surface area contributed by atoms with E-state index in [2.05, 4.69) is 12.2 Å². The second-order valence-corrected chi connectivity index (χ2v) is 7.43. The van der Waals surface area contributed by atoms with Gasteiger partial charge in [-0.1, -0.05) is 49.7 Å². The van der Waals surface area contributed by atoms with Gasteiger partial charge in [-0.05, 0) is 48.9 Å². The summed E-state index contributed by atoms with van der Waals surface area (Å²) in [5.41, 5.74) is 5.09. The maximum atomic E-state index is 12.4. The number of benzene rings is 2. The van der Waals surface area contributed by atoms with Gasteiger partial charge in [-0.25, -0.2) is 0 Å². The molecule has 1 amide bonds. The molecule has 0 bridgehead atoms. The van der Waals surface area contributed by atoms with Crippen LogP contribution in [0.2, 0.25) is 0 Å². The summed E-state index contributed by atoms with van der Waals surface area (Å²) in [5, 5.41) is 3.02. The first-order valence-electron chi connectivity index (χ1n) is 9.56. The van der Waals surface area contributed by atoms with E-state index < -0.39 is 0 Å². The van der Waals surface area contributed by atoms with Crippen LogP contribution in [-0.2, 0) is 4.79 Å². The fourth-order valence-corrected chi connectivity index (χ4v) is 3.83. The van der Waals surface area contributed by atoms with Crippen LogP contribution in [0.25, 0.3) is 0 Å². The van der Waals surface area contributed by atoms with Crippen molar-refractivity contribution < 1.29 is 14.3 Å². The lowest BCUT2D eigenvalue weighted by Crippen LogP contribution is -2.32. The molecule has 0 saturated carbocycles. The predicted octanol–water partition coefficient (Wildman–Crippen LogP) is 4.64. The summed E-state index contributed by atoms with van der Waals surface area (Å²) >= 11 is 0. The highest BCUT2D eigenvalue weighted by Crippen LogP contribution is 2.40. The number of fused-ring (bicyclic) bond motifs is 1. The summed E-state index contributed by atoms with van der Waals surface area (Å²) in [7, 11) is 0. The molecule has 2 aromatic rings. The van der Waals surface area contributed by atoms with Crippen molar-refractivity contribution in [1.29, 1.82) is 0 Å². The highest BCUT2D eigenvalue weighted by Gasteiger charge is 2.31. The van der Waals surface area contributed by atoms with Crippen LogP contribution in [0.1, 0.15) is 71.3 Å². The Morgan fingerprint density at radius 1 is 1.19 bits per heavy atom. The monoisotopic (exact) mass is 365 g/mol. The van der Waals surface area contributed by atoms with E-state index in [1.807, 2.05) is 51.1 Å². The molecule has 2 aromatic carbocycles. The van der Waals surface area contributed by atoms with E-state index in [-0.39, 0.29) is 30.3 Å². The lowest BCUT2D eigenvalue weighted by molar-refractivity contribution is -0.123. The fourth-order valence-electron chi connectivity index (χ4n) is 3.83. The van der Waals surface area contributed by atoms with Crippen molar-refractivity contribution in [2.75, 3.05) is 6.61 Å².